The quantitative estimate of drug-likeness (QED) is 0.213. The van der Waals surface area contributed by atoms with Crippen molar-refractivity contribution in [3.05, 3.63) is 90.8 Å². The summed E-state index contributed by atoms with van der Waals surface area (Å²) in [5.74, 6) is 0. The molecule has 33 heavy (non-hydrogen) atoms. The van der Waals surface area contributed by atoms with E-state index in [1.807, 2.05) is 27.8 Å². The van der Waals surface area contributed by atoms with Crippen LogP contribution < -0.4 is 0 Å². The second-order valence-electron chi connectivity index (χ2n) is 8.16. The lowest BCUT2D eigenvalue weighted by Crippen LogP contribution is -2.01. The van der Waals surface area contributed by atoms with Gasteiger partial charge in [-0.25, -0.2) is 9.36 Å². The molecule has 5 aromatic rings. The van der Waals surface area contributed by atoms with Gasteiger partial charge in [-0.3, -0.25) is 0 Å². The van der Waals surface area contributed by atoms with E-state index >= 15 is 0 Å². The van der Waals surface area contributed by atoms with Crippen LogP contribution in [0.5, 0.6) is 0 Å². The summed E-state index contributed by atoms with van der Waals surface area (Å²) in [5, 5.41) is 17.6. The molecule has 0 aliphatic carbocycles. The first-order valence-corrected chi connectivity index (χ1v) is 12.5. The van der Waals surface area contributed by atoms with Crippen LogP contribution in [0.4, 0.5) is 0 Å². The van der Waals surface area contributed by atoms with Crippen LogP contribution in [0, 0.1) is 27.9 Å². The van der Waals surface area contributed by atoms with Crippen molar-refractivity contribution in [1.29, 1.82) is 0 Å². The minimum atomic E-state index is 0.844. The number of aromatic nitrogens is 6. The fourth-order valence-electron chi connectivity index (χ4n) is 3.82. The Bertz CT molecular complexity index is 1340. The molecule has 0 bridgehead atoms. The lowest BCUT2D eigenvalue weighted by atomic mass is 10.1. The van der Waals surface area contributed by atoms with Gasteiger partial charge in [0.1, 0.15) is 11.4 Å². The van der Waals surface area contributed by atoms with E-state index in [-0.39, 0.29) is 0 Å². The Labute approximate surface area is 219 Å². The van der Waals surface area contributed by atoms with Crippen LogP contribution in [-0.4, -0.2) is 30.0 Å². The Kier molecular flexibility index (Phi) is 6.04. The molecule has 0 unspecified atom stereocenters. The average molecular weight is 658 g/mol. The molecule has 3 aromatic carbocycles. The van der Waals surface area contributed by atoms with E-state index in [9.17, 15) is 0 Å². The molecule has 5 rings (SSSR count). The zero-order chi connectivity index (χ0) is 23.1. The number of rotatable bonds is 4. The standard InChI is InChI=1S/C25H20I2N6/c1-15-4-18(10-20(26)6-15)24-13-32(30-28-24)22-8-17(3)9-23(12-22)33-14-25(29-31-33)19-5-16(2)7-21(27)11-19/h4-14H,1-3H3. The van der Waals surface area contributed by atoms with Crippen molar-refractivity contribution in [3.8, 4) is 33.9 Å². The highest BCUT2D eigenvalue weighted by Gasteiger charge is 2.11. The van der Waals surface area contributed by atoms with Crippen molar-refractivity contribution in [2.75, 3.05) is 0 Å². The number of halogens is 2. The SMILES string of the molecule is Cc1cc(I)cc(-c2cn(-c3cc(C)cc(-n4cc(-c5cc(C)cc(I)c5)nn4)c3)nn2)c1. The highest BCUT2D eigenvalue weighted by atomic mass is 127. The highest BCUT2D eigenvalue weighted by molar-refractivity contribution is 14.1. The number of nitrogens with zero attached hydrogens (tertiary/aromatic N) is 6. The summed E-state index contributed by atoms with van der Waals surface area (Å²) in [6, 6.07) is 19.0. The van der Waals surface area contributed by atoms with Crippen LogP contribution in [0.3, 0.4) is 0 Å². The van der Waals surface area contributed by atoms with Crippen molar-refractivity contribution in [1.82, 2.24) is 30.0 Å². The van der Waals surface area contributed by atoms with E-state index in [1.165, 1.54) is 18.3 Å². The van der Waals surface area contributed by atoms with E-state index in [0.29, 0.717) is 0 Å². The molecule has 8 heteroatoms. The maximum atomic E-state index is 4.41. The molecule has 0 aliphatic heterocycles. The Hall–Kier alpha value is -2.60. The summed E-state index contributed by atoms with van der Waals surface area (Å²) in [6.45, 7) is 6.24. The number of benzene rings is 3. The first-order chi connectivity index (χ1) is 15.8. The lowest BCUT2D eigenvalue weighted by Gasteiger charge is -2.07. The number of hydrogen-bond donors (Lipinski definition) is 0. The predicted octanol–water partition coefficient (Wildman–Crippen LogP) is 6.32. The molecule has 0 amide bonds. The van der Waals surface area contributed by atoms with E-state index in [4.69, 9.17) is 0 Å². The average Bonchev–Trinajstić information content (AvgIpc) is 3.42. The number of hydrogen-bond acceptors (Lipinski definition) is 4. The molecular formula is C25H20I2N6. The third-order valence-electron chi connectivity index (χ3n) is 5.24. The normalized spacial score (nSPS) is 11.2. The minimum absolute atomic E-state index is 0.844. The summed E-state index contributed by atoms with van der Waals surface area (Å²) >= 11 is 4.66. The Balaban J connectivity index is 1.50. The highest BCUT2D eigenvalue weighted by Crippen LogP contribution is 2.25. The van der Waals surface area contributed by atoms with Crippen molar-refractivity contribution in [3.63, 3.8) is 0 Å². The molecule has 0 fully saturated rings. The molecule has 0 saturated heterocycles. The van der Waals surface area contributed by atoms with Crippen molar-refractivity contribution < 1.29 is 0 Å². The Morgan fingerprint density at radius 3 is 1.39 bits per heavy atom. The van der Waals surface area contributed by atoms with Crippen LogP contribution in [0.2, 0.25) is 0 Å². The topological polar surface area (TPSA) is 61.4 Å². The van der Waals surface area contributed by atoms with Crippen molar-refractivity contribution in [2.24, 2.45) is 0 Å². The second kappa shape index (κ2) is 8.98. The predicted molar refractivity (Wildman–Crippen MR) is 147 cm³/mol. The van der Waals surface area contributed by atoms with E-state index < -0.39 is 0 Å². The van der Waals surface area contributed by atoms with Gasteiger partial charge in [0, 0.05) is 18.3 Å². The van der Waals surface area contributed by atoms with Crippen molar-refractivity contribution >= 4 is 45.2 Å². The smallest absolute Gasteiger partial charge is 0.113 e. The lowest BCUT2D eigenvalue weighted by molar-refractivity contribution is 0.785. The molecule has 164 valence electrons. The van der Waals surface area contributed by atoms with Gasteiger partial charge in [-0.15, -0.1) is 10.2 Å². The second-order valence-corrected chi connectivity index (χ2v) is 10.6. The van der Waals surface area contributed by atoms with Gasteiger partial charge in [-0.1, -0.05) is 10.4 Å². The zero-order valence-electron chi connectivity index (χ0n) is 18.3. The van der Waals surface area contributed by atoms with E-state index in [0.717, 1.165) is 39.5 Å². The fraction of sp³-hybridized carbons (Fsp3) is 0.120. The molecule has 0 saturated carbocycles. The van der Waals surface area contributed by atoms with Crippen LogP contribution in [0.15, 0.2) is 67.0 Å². The third kappa shape index (κ3) is 4.86. The number of aryl methyl sites for hydroxylation is 3. The summed E-state index contributed by atoms with van der Waals surface area (Å²) < 4.78 is 5.98. The first kappa shape index (κ1) is 22.2. The Morgan fingerprint density at radius 2 is 0.970 bits per heavy atom. The van der Waals surface area contributed by atoms with Gasteiger partial charge in [-0.2, -0.15) is 0 Å². The molecule has 0 spiro atoms. The van der Waals surface area contributed by atoms with Crippen LogP contribution in [0.25, 0.3) is 33.9 Å². The summed E-state index contributed by atoms with van der Waals surface area (Å²) in [7, 11) is 0. The fourth-order valence-corrected chi connectivity index (χ4v) is 5.47. The van der Waals surface area contributed by atoms with E-state index in [1.54, 1.807) is 0 Å². The van der Waals surface area contributed by atoms with Crippen LogP contribution >= 0.6 is 45.2 Å². The van der Waals surface area contributed by atoms with Gasteiger partial charge in [0.2, 0.25) is 0 Å². The monoisotopic (exact) mass is 658 g/mol. The molecule has 2 heterocycles. The first-order valence-electron chi connectivity index (χ1n) is 10.4. The van der Waals surface area contributed by atoms with Gasteiger partial charge in [0.05, 0.1) is 23.8 Å². The van der Waals surface area contributed by atoms with Gasteiger partial charge < -0.3 is 0 Å². The van der Waals surface area contributed by atoms with Crippen molar-refractivity contribution in [2.45, 2.75) is 20.8 Å². The molecule has 0 radical (unpaired) electrons. The van der Waals surface area contributed by atoms with Gasteiger partial charge in [-0.05, 0) is 137 Å². The molecule has 0 atom stereocenters. The summed E-state index contributed by atoms with van der Waals surface area (Å²) in [6.07, 6.45) is 3.93. The summed E-state index contributed by atoms with van der Waals surface area (Å²) in [4.78, 5) is 0. The molecule has 0 N–H and O–H groups in total. The van der Waals surface area contributed by atoms with Gasteiger partial charge in [0.15, 0.2) is 0 Å². The molecule has 6 nitrogen and oxygen atoms in total. The van der Waals surface area contributed by atoms with Gasteiger partial charge in [0.25, 0.3) is 0 Å². The molecular weight excluding hydrogens is 638 g/mol. The van der Waals surface area contributed by atoms with Gasteiger partial charge >= 0.3 is 0 Å². The molecule has 2 aromatic heterocycles. The van der Waals surface area contributed by atoms with Crippen LogP contribution in [-0.2, 0) is 0 Å². The largest absolute Gasteiger partial charge is 0.220 e. The van der Waals surface area contributed by atoms with E-state index in [2.05, 4.69) is 135 Å². The third-order valence-corrected chi connectivity index (χ3v) is 6.48. The van der Waals surface area contributed by atoms with Crippen LogP contribution in [0.1, 0.15) is 16.7 Å². The minimum Gasteiger partial charge on any atom is -0.220 e. The Morgan fingerprint density at radius 1 is 0.545 bits per heavy atom. The maximum Gasteiger partial charge on any atom is 0.113 e. The maximum absolute atomic E-state index is 4.41. The zero-order valence-corrected chi connectivity index (χ0v) is 22.6. The summed E-state index contributed by atoms with van der Waals surface area (Å²) in [5.41, 5.74) is 9.17. The molecule has 0 aliphatic rings.